The molecule has 0 bridgehead atoms. The minimum absolute atomic E-state index is 0.161. The van der Waals surface area contributed by atoms with Gasteiger partial charge in [-0.25, -0.2) is 4.79 Å². The standard InChI is InChI=1S/C12H16O7.2C4H6O/c1-8(13)17-6-10(19-9(2)14)7-18-12(15)11-4-3-5-16-11;2*1-2-4-5-3-1/h3,5,10-11H,4,6-7H2,1-2H3;2*1,3H,2,4H2. The Hall–Kier alpha value is -2.97. The van der Waals surface area contributed by atoms with Crippen LogP contribution in [-0.4, -0.2) is 56.5 Å². The van der Waals surface area contributed by atoms with Gasteiger partial charge in [-0.3, -0.25) is 9.59 Å². The van der Waals surface area contributed by atoms with Gasteiger partial charge in [0.25, 0.3) is 0 Å². The molecule has 0 amide bonds. The molecule has 3 aliphatic heterocycles. The van der Waals surface area contributed by atoms with Crippen LogP contribution in [0.5, 0.6) is 0 Å². The number of ether oxygens (including phenoxy) is 6. The average Bonchev–Trinajstić information content (AvgIpc) is 3.49. The Balaban J connectivity index is 0.000000336. The van der Waals surface area contributed by atoms with E-state index in [1.165, 1.54) is 20.1 Å². The Bertz CT molecular complexity index is 559. The Kier molecular flexibility index (Phi) is 12.5. The molecule has 29 heavy (non-hydrogen) atoms. The molecule has 0 N–H and O–H groups in total. The predicted molar refractivity (Wildman–Crippen MR) is 101 cm³/mol. The topological polar surface area (TPSA) is 107 Å². The molecule has 0 fully saturated rings. The first-order valence-corrected chi connectivity index (χ1v) is 9.30. The van der Waals surface area contributed by atoms with E-state index in [1.807, 2.05) is 12.2 Å². The molecule has 0 saturated carbocycles. The van der Waals surface area contributed by atoms with Gasteiger partial charge in [-0.2, -0.15) is 0 Å². The summed E-state index contributed by atoms with van der Waals surface area (Å²) in [6.07, 6.45) is 11.8. The van der Waals surface area contributed by atoms with Crippen molar-refractivity contribution in [2.75, 3.05) is 26.4 Å². The highest BCUT2D eigenvalue weighted by Crippen LogP contribution is 2.11. The minimum atomic E-state index is -0.820. The van der Waals surface area contributed by atoms with Crippen LogP contribution in [0.1, 0.15) is 33.1 Å². The monoisotopic (exact) mass is 412 g/mol. The summed E-state index contributed by atoms with van der Waals surface area (Å²) in [5.41, 5.74) is 0. The van der Waals surface area contributed by atoms with Crippen molar-refractivity contribution < 1.29 is 42.8 Å². The van der Waals surface area contributed by atoms with E-state index >= 15 is 0 Å². The summed E-state index contributed by atoms with van der Waals surface area (Å²) >= 11 is 0. The van der Waals surface area contributed by atoms with Crippen molar-refractivity contribution in [2.45, 2.75) is 45.3 Å². The molecular formula is C20H28O9. The van der Waals surface area contributed by atoms with E-state index in [1.54, 1.807) is 18.6 Å². The molecule has 0 saturated heterocycles. The fourth-order valence-corrected chi connectivity index (χ4v) is 2.05. The summed E-state index contributed by atoms with van der Waals surface area (Å²) in [7, 11) is 0. The number of rotatable bonds is 6. The molecule has 2 atom stereocenters. The summed E-state index contributed by atoms with van der Waals surface area (Å²) < 4.78 is 29.0. The van der Waals surface area contributed by atoms with E-state index in [0.29, 0.717) is 6.42 Å². The second-order valence-electron chi connectivity index (χ2n) is 5.96. The molecule has 3 aliphatic rings. The lowest BCUT2D eigenvalue weighted by molar-refractivity contribution is -0.168. The average molecular weight is 412 g/mol. The molecule has 0 aromatic rings. The number of carbonyl (C=O) groups excluding carboxylic acids is 3. The first kappa shape index (κ1) is 24.1. The Morgan fingerprint density at radius 2 is 1.52 bits per heavy atom. The summed E-state index contributed by atoms with van der Waals surface area (Å²) in [6, 6.07) is 0. The Morgan fingerprint density at radius 1 is 0.897 bits per heavy atom. The minimum Gasteiger partial charge on any atom is -0.501 e. The highest BCUT2D eigenvalue weighted by molar-refractivity contribution is 5.75. The molecule has 0 aromatic carbocycles. The van der Waals surface area contributed by atoms with Gasteiger partial charge in [0.15, 0.2) is 12.2 Å². The molecule has 3 heterocycles. The van der Waals surface area contributed by atoms with E-state index in [9.17, 15) is 14.4 Å². The second-order valence-corrected chi connectivity index (χ2v) is 5.96. The summed E-state index contributed by atoms with van der Waals surface area (Å²) in [5, 5.41) is 0. The molecule has 9 heteroatoms. The van der Waals surface area contributed by atoms with Crippen molar-refractivity contribution in [2.24, 2.45) is 0 Å². The van der Waals surface area contributed by atoms with Crippen LogP contribution >= 0.6 is 0 Å². The van der Waals surface area contributed by atoms with Crippen molar-refractivity contribution in [1.29, 1.82) is 0 Å². The Morgan fingerprint density at radius 3 is 1.90 bits per heavy atom. The van der Waals surface area contributed by atoms with E-state index in [4.69, 9.17) is 28.4 Å². The van der Waals surface area contributed by atoms with E-state index in [-0.39, 0.29) is 13.2 Å². The number of carbonyl (C=O) groups is 3. The zero-order valence-corrected chi connectivity index (χ0v) is 16.7. The summed E-state index contributed by atoms with van der Waals surface area (Å²) in [4.78, 5) is 33.1. The molecule has 0 spiro atoms. The SMILES string of the molecule is C1=COCC1.C1=COCC1.CC(=O)OCC(COC(=O)C1CC=CO1)OC(C)=O. The van der Waals surface area contributed by atoms with E-state index < -0.39 is 30.1 Å². The highest BCUT2D eigenvalue weighted by Gasteiger charge is 2.24. The normalized spacial score (nSPS) is 18.6. The zero-order chi connectivity index (χ0) is 21.3. The molecule has 9 nitrogen and oxygen atoms in total. The van der Waals surface area contributed by atoms with E-state index in [0.717, 1.165) is 26.1 Å². The molecule has 2 unspecified atom stereocenters. The van der Waals surface area contributed by atoms with Gasteiger partial charge in [0.05, 0.1) is 32.0 Å². The zero-order valence-electron chi connectivity index (χ0n) is 16.7. The third-order valence-corrected chi connectivity index (χ3v) is 3.36. The van der Waals surface area contributed by atoms with Crippen molar-refractivity contribution in [1.82, 2.24) is 0 Å². The molecule has 0 aromatic heterocycles. The van der Waals surface area contributed by atoms with Crippen LogP contribution in [0.4, 0.5) is 0 Å². The van der Waals surface area contributed by atoms with Crippen LogP contribution in [0.15, 0.2) is 37.0 Å². The summed E-state index contributed by atoms with van der Waals surface area (Å²) in [6.45, 7) is 3.87. The quantitative estimate of drug-likeness (QED) is 0.479. The predicted octanol–water partition coefficient (Wildman–Crippen LogP) is 2.17. The van der Waals surface area contributed by atoms with Crippen molar-refractivity contribution in [3.63, 3.8) is 0 Å². The van der Waals surface area contributed by atoms with Gasteiger partial charge in [0, 0.05) is 33.1 Å². The molecule has 0 aliphatic carbocycles. The lowest BCUT2D eigenvalue weighted by Crippen LogP contribution is -2.32. The molecular weight excluding hydrogens is 384 g/mol. The van der Waals surface area contributed by atoms with Gasteiger partial charge in [0.1, 0.15) is 13.2 Å². The van der Waals surface area contributed by atoms with E-state index in [2.05, 4.69) is 0 Å². The van der Waals surface area contributed by atoms with Crippen LogP contribution in [0, 0.1) is 0 Å². The maximum absolute atomic E-state index is 11.5. The van der Waals surface area contributed by atoms with Gasteiger partial charge < -0.3 is 28.4 Å². The molecule has 0 radical (unpaired) electrons. The Labute approximate surface area is 170 Å². The third kappa shape index (κ3) is 12.9. The fraction of sp³-hybridized carbons (Fsp3) is 0.550. The van der Waals surface area contributed by atoms with Gasteiger partial charge in [-0.05, 0) is 18.2 Å². The lowest BCUT2D eigenvalue weighted by Gasteiger charge is -2.17. The van der Waals surface area contributed by atoms with Crippen LogP contribution < -0.4 is 0 Å². The van der Waals surface area contributed by atoms with Crippen molar-refractivity contribution in [3.05, 3.63) is 37.0 Å². The summed E-state index contributed by atoms with van der Waals surface area (Å²) in [5.74, 6) is -1.61. The first-order chi connectivity index (χ1) is 14.0. The first-order valence-electron chi connectivity index (χ1n) is 9.30. The lowest BCUT2D eigenvalue weighted by atomic mass is 10.3. The van der Waals surface area contributed by atoms with Gasteiger partial charge in [-0.1, -0.05) is 0 Å². The maximum atomic E-state index is 11.5. The highest BCUT2D eigenvalue weighted by atomic mass is 16.6. The van der Waals surface area contributed by atoms with Gasteiger partial charge in [-0.15, -0.1) is 0 Å². The number of hydrogen-bond donors (Lipinski definition) is 0. The molecule has 3 rings (SSSR count). The van der Waals surface area contributed by atoms with Gasteiger partial charge in [0.2, 0.25) is 0 Å². The van der Waals surface area contributed by atoms with Crippen LogP contribution in [0.3, 0.4) is 0 Å². The second kappa shape index (κ2) is 15.0. The van der Waals surface area contributed by atoms with Crippen LogP contribution in [0.25, 0.3) is 0 Å². The fourth-order valence-electron chi connectivity index (χ4n) is 2.05. The smallest absolute Gasteiger partial charge is 0.347 e. The van der Waals surface area contributed by atoms with Gasteiger partial charge >= 0.3 is 17.9 Å². The van der Waals surface area contributed by atoms with Crippen LogP contribution in [0.2, 0.25) is 0 Å². The van der Waals surface area contributed by atoms with Crippen LogP contribution in [-0.2, 0) is 42.8 Å². The number of hydrogen-bond acceptors (Lipinski definition) is 9. The van der Waals surface area contributed by atoms with Crippen molar-refractivity contribution >= 4 is 17.9 Å². The largest absolute Gasteiger partial charge is 0.501 e. The van der Waals surface area contributed by atoms with Crippen molar-refractivity contribution in [3.8, 4) is 0 Å². The number of esters is 3. The third-order valence-electron chi connectivity index (χ3n) is 3.36. The molecule has 162 valence electrons. The maximum Gasteiger partial charge on any atom is 0.347 e.